The number of hydrogen-bond donors (Lipinski definition) is 1. The van der Waals surface area contributed by atoms with E-state index in [1.54, 1.807) is 13.0 Å². The number of carbonyl (C=O) groups excluding carboxylic acids is 1. The third-order valence-electron chi connectivity index (χ3n) is 3.48. The number of benzene rings is 2. The van der Waals surface area contributed by atoms with Gasteiger partial charge in [-0.2, -0.15) is 13.2 Å². The maximum absolute atomic E-state index is 13.7. The van der Waals surface area contributed by atoms with Crippen molar-refractivity contribution in [1.82, 2.24) is 5.32 Å². The van der Waals surface area contributed by atoms with Crippen molar-refractivity contribution in [3.8, 4) is 5.75 Å². The Hall–Kier alpha value is -2.57. The Bertz CT molecular complexity index is 744. The fraction of sp³-hybridized carbons (Fsp3) is 0.235. The molecule has 0 fully saturated rings. The molecule has 2 aromatic rings. The van der Waals surface area contributed by atoms with Crippen LogP contribution in [0.5, 0.6) is 5.75 Å². The van der Waals surface area contributed by atoms with Gasteiger partial charge in [0.1, 0.15) is 0 Å². The zero-order valence-electron chi connectivity index (χ0n) is 12.9. The largest absolute Gasteiger partial charge is 0.494 e. The standard InChI is InChI=1S/C17H15F4NO2/c1-10(11-6-7-15(24-2)14(18)9-11)22-16(23)12-4-3-5-13(8-12)17(19,20)21/h3-10H,1-2H3,(H,22,23)/t10-/m1/s1. The number of nitrogens with one attached hydrogen (secondary N) is 1. The van der Waals surface area contributed by atoms with Crippen molar-refractivity contribution >= 4 is 5.91 Å². The van der Waals surface area contributed by atoms with Gasteiger partial charge in [-0.25, -0.2) is 4.39 Å². The Morgan fingerprint density at radius 3 is 2.46 bits per heavy atom. The number of amides is 1. The van der Waals surface area contributed by atoms with Crippen LogP contribution in [-0.4, -0.2) is 13.0 Å². The lowest BCUT2D eigenvalue weighted by Crippen LogP contribution is -2.27. The second-order valence-electron chi connectivity index (χ2n) is 5.17. The summed E-state index contributed by atoms with van der Waals surface area (Å²) in [6.45, 7) is 1.60. The first-order chi connectivity index (χ1) is 11.2. The summed E-state index contributed by atoms with van der Waals surface area (Å²) in [5, 5.41) is 2.54. The summed E-state index contributed by atoms with van der Waals surface area (Å²) < 4.78 is 56.6. The number of hydrogen-bond acceptors (Lipinski definition) is 2. The molecule has 2 aromatic carbocycles. The van der Waals surface area contributed by atoms with Crippen molar-refractivity contribution in [2.45, 2.75) is 19.1 Å². The first-order valence-electron chi connectivity index (χ1n) is 7.04. The number of ether oxygens (including phenoxy) is 1. The first-order valence-corrected chi connectivity index (χ1v) is 7.04. The van der Waals surface area contributed by atoms with E-state index >= 15 is 0 Å². The van der Waals surface area contributed by atoms with Crippen LogP contribution in [0.1, 0.15) is 34.5 Å². The van der Waals surface area contributed by atoms with E-state index in [2.05, 4.69) is 5.32 Å². The minimum Gasteiger partial charge on any atom is -0.494 e. The third kappa shape index (κ3) is 4.04. The molecule has 2 rings (SSSR count). The van der Waals surface area contributed by atoms with Gasteiger partial charge in [0.15, 0.2) is 11.6 Å². The molecule has 0 aliphatic rings. The number of methoxy groups -OCH3 is 1. The third-order valence-corrected chi connectivity index (χ3v) is 3.48. The topological polar surface area (TPSA) is 38.3 Å². The van der Waals surface area contributed by atoms with Crippen molar-refractivity contribution in [2.24, 2.45) is 0 Å². The molecule has 24 heavy (non-hydrogen) atoms. The summed E-state index contributed by atoms with van der Waals surface area (Å²) in [5.74, 6) is -1.20. The quantitative estimate of drug-likeness (QED) is 0.840. The average Bonchev–Trinajstić information content (AvgIpc) is 2.54. The van der Waals surface area contributed by atoms with E-state index in [0.717, 1.165) is 18.2 Å². The van der Waals surface area contributed by atoms with Gasteiger partial charge in [0.2, 0.25) is 0 Å². The SMILES string of the molecule is COc1ccc([C@@H](C)NC(=O)c2cccc(C(F)(F)F)c2)cc1F. The van der Waals surface area contributed by atoms with Gasteiger partial charge < -0.3 is 10.1 Å². The molecule has 1 N–H and O–H groups in total. The predicted octanol–water partition coefficient (Wildman–Crippen LogP) is 4.34. The first kappa shape index (κ1) is 17.8. The van der Waals surface area contributed by atoms with Crippen molar-refractivity contribution in [1.29, 1.82) is 0 Å². The fourth-order valence-corrected chi connectivity index (χ4v) is 2.15. The van der Waals surface area contributed by atoms with Crippen LogP contribution in [0.15, 0.2) is 42.5 Å². The van der Waals surface area contributed by atoms with Crippen molar-refractivity contribution < 1.29 is 27.1 Å². The molecular formula is C17H15F4NO2. The van der Waals surface area contributed by atoms with Crippen LogP contribution in [0.4, 0.5) is 17.6 Å². The van der Waals surface area contributed by atoms with Crippen LogP contribution in [0.2, 0.25) is 0 Å². The average molecular weight is 341 g/mol. The molecule has 128 valence electrons. The van der Waals surface area contributed by atoms with Gasteiger partial charge in [0.25, 0.3) is 5.91 Å². The molecule has 0 unspecified atom stereocenters. The molecule has 7 heteroatoms. The molecule has 0 spiro atoms. The van der Waals surface area contributed by atoms with Gasteiger partial charge in [-0.15, -0.1) is 0 Å². The maximum atomic E-state index is 13.7. The molecule has 0 aliphatic heterocycles. The van der Waals surface area contributed by atoms with E-state index in [9.17, 15) is 22.4 Å². The van der Waals surface area contributed by atoms with Gasteiger partial charge in [-0.3, -0.25) is 4.79 Å². The maximum Gasteiger partial charge on any atom is 0.416 e. The number of alkyl halides is 3. The highest BCUT2D eigenvalue weighted by Crippen LogP contribution is 2.29. The molecule has 0 aliphatic carbocycles. The Morgan fingerprint density at radius 1 is 1.17 bits per heavy atom. The van der Waals surface area contributed by atoms with Gasteiger partial charge >= 0.3 is 6.18 Å². The van der Waals surface area contributed by atoms with Gasteiger partial charge in [0, 0.05) is 5.56 Å². The predicted molar refractivity (Wildman–Crippen MR) is 80.3 cm³/mol. The zero-order chi connectivity index (χ0) is 17.9. The fourth-order valence-electron chi connectivity index (χ4n) is 2.15. The Balaban J connectivity index is 2.16. The van der Waals surface area contributed by atoms with E-state index in [1.165, 1.54) is 25.3 Å². The van der Waals surface area contributed by atoms with Crippen molar-refractivity contribution in [3.05, 3.63) is 65.0 Å². The summed E-state index contributed by atoms with van der Waals surface area (Å²) in [7, 11) is 1.33. The zero-order valence-corrected chi connectivity index (χ0v) is 12.9. The summed E-state index contributed by atoms with van der Waals surface area (Å²) in [5.41, 5.74) is -0.558. The monoisotopic (exact) mass is 341 g/mol. The second-order valence-corrected chi connectivity index (χ2v) is 5.17. The van der Waals surface area contributed by atoms with E-state index in [4.69, 9.17) is 4.74 Å². The molecule has 0 bridgehead atoms. The molecule has 0 saturated heterocycles. The minimum atomic E-state index is -4.53. The van der Waals surface area contributed by atoms with E-state index in [-0.39, 0.29) is 11.3 Å². The van der Waals surface area contributed by atoms with E-state index < -0.39 is 29.5 Å². The smallest absolute Gasteiger partial charge is 0.416 e. The van der Waals surface area contributed by atoms with Crippen LogP contribution >= 0.6 is 0 Å². The Labute approximate surface area is 136 Å². The highest BCUT2D eigenvalue weighted by atomic mass is 19.4. The lowest BCUT2D eigenvalue weighted by molar-refractivity contribution is -0.137. The van der Waals surface area contributed by atoms with Crippen molar-refractivity contribution in [3.63, 3.8) is 0 Å². The number of halogens is 4. The van der Waals surface area contributed by atoms with Gasteiger partial charge in [0.05, 0.1) is 18.7 Å². The number of rotatable bonds is 4. The molecule has 3 nitrogen and oxygen atoms in total. The van der Waals surface area contributed by atoms with Crippen LogP contribution < -0.4 is 10.1 Å². The van der Waals surface area contributed by atoms with Crippen LogP contribution in [0, 0.1) is 5.82 Å². The molecular weight excluding hydrogens is 326 g/mol. The minimum absolute atomic E-state index is 0.0650. The molecule has 0 radical (unpaired) electrons. The van der Waals surface area contributed by atoms with Gasteiger partial charge in [-0.1, -0.05) is 12.1 Å². The molecule has 0 aromatic heterocycles. The van der Waals surface area contributed by atoms with E-state index in [0.29, 0.717) is 5.56 Å². The molecule has 1 atom stereocenters. The van der Waals surface area contributed by atoms with Crippen LogP contribution in [0.25, 0.3) is 0 Å². The van der Waals surface area contributed by atoms with Crippen LogP contribution in [0.3, 0.4) is 0 Å². The summed E-state index contributed by atoms with van der Waals surface area (Å²) >= 11 is 0. The Morgan fingerprint density at radius 2 is 1.88 bits per heavy atom. The van der Waals surface area contributed by atoms with Crippen molar-refractivity contribution in [2.75, 3.05) is 7.11 Å². The highest BCUT2D eigenvalue weighted by Gasteiger charge is 2.31. The summed E-state index contributed by atoms with van der Waals surface area (Å²) in [6.07, 6.45) is -4.53. The normalized spacial score (nSPS) is 12.6. The van der Waals surface area contributed by atoms with Crippen LogP contribution in [-0.2, 0) is 6.18 Å². The highest BCUT2D eigenvalue weighted by molar-refractivity contribution is 5.94. The van der Waals surface area contributed by atoms with E-state index in [1.807, 2.05) is 0 Å². The summed E-state index contributed by atoms with van der Waals surface area (Å²) in [4.78, 5) is 12.1. The Kier molecular flexibility index (Phi) is 5.11. The summed E-state index contributed by atoms with van der Waals surface area (Å²) in [6, 6.07) is 7.70. The molecule has 0 saturated carbocycles. The number of carbonyl (C=O) groups is 1. The molecule has 1 amide bonds. The second kappa shape index (κ2) is 6.90. The molecule has 0 heterocycles. The lowest BCUT2D eigenvalue weighted by Gasteiger charge is -2.16. The lowest BCUT2D eigenvalue weighted by atomic mass is 10.1. The van der Waals surface area contributed by atoms with Gasteiger partial charge in [-0.05, 0) is 42.8 Å².